The van der Waals surface area contributed by atoms with Crippen LogP contribution in [0.25, 0.3) is 5.69 Å². The minimum atomic E-state index is 0.259. The van der Waals surface area contributed by atoms with Crippen LogP contribution in [0.5, 0.6) is 5.75 Å². The molecule has 1 saturated heterocycles. The van der Waals surface area contributed by atoms with Gasteiger partial charge in [-0.15, -0.1) is 0 Å². The van der Waals surface area contributed by atoms with Gasteiger partial charge in [-0.2, -0.15) is 5.10 Å². The summed E-state index contributed by atoms with van der Waals surface area (Å²) in [6.07, 6.45) is 6.19. The molecule has 0 saturated carbocycles. The topological polar surface area (TPSA) is 50.1 Å². The van der Waals surface area contributed by atoms with Crippen LogP contribution >= 0.6 is 0 Å². The maximum atomic E-state index is 9.79. The van der Waals surface area contributed by atoms with Crippen molar-refractivity contribution in [2.45, 2.75) is 12.8 Å². The Kier molecular flexibility index (Phi) is 3.02. The highest BCUT2D eigenvalue weighted by atomic mass is 16.3. The van der Waals surface area contributed by atoms with Gasteiger partial charge in [-0.1, -0.05) is 12.1 Å². The Hall–Kier alpha value is -1.81. The van der Waals surface area contributed by atoms with Crippen LogP contribution in [-0.4, -0.2) is 28.0 Å². The van der Waals surface area contributed by atoms with E-state index in [1.807, 2.05) is 30.6 Å². The smallest absolute Gasteiger partial charge is 0.141 e. The lowest BCUT2D eigenvalue weighted by atomic mass is 10.0. The molecular formula is C14H17N3O. The van der Waals surface area contributed by atoms with E-state index in [0.29, 0.717) is 5.92 Å². The van der Waals surface area contributed by atoms with E-state index in [0.717, 1.165) is 25.2 Å². The van der Waals surface area contributed by atoms with Gasteiger partial charge in [0, 0.05) is 6.20 Å². The zero-order valence-electron chi connectivity index (χ0n) is 10.2. The van der Waals surface area contributed by atoms with E-state index in [1.165, 1.54) is 12.0 Å². The number of aromatic nitrogens is 2. The summed E-state index contributed by atoms with van der Waals surface area (Å²) in [5.74, 6) is 0.974. The lowest BCUT2D eigenvalue weighted by molar-refractivity contribution is 0.470. The first kappa shape index (κ1) is 11.3. The molecular weight excluding hydrogens is 226 g/mol. The number of rotatable bonds is 3. The molecule has 2 N–H and O–H groups in total. The highest BCUT2D eigenvalue weighted by Crippen LogP contribution is 2.21. The molecule has 1 atom stereocenters. The van der Waals surface area contributed by atoms with Crippen LogP contribution in [0.1, 0.15) is 12.0 Å². The number of nitrogens with one attached hydrogen (secondary N) is 1. The fraction of sp³-hybridized carbons (Fsp3) is 0.357. The lowest BCUT2D eigenvalue weighted by Crippen LogP contribution is -2.10. The van der Waals surface area contributed by atoms with Gasteiger partial charge in [0.25, 0.3) is 0 Å². The Bertz CT molecular complexity index is 529. The van der Waals surface area contributed by atoms with Gasteiger partial charge in [-0.05, 0) is 49.5 Å². The number of aromatic hydroxyl groups is 1. The van der Waals surface area contributed by atoms with E-state index in [4.69, 9.17) is 0 Å². The molecule has 94 valence electrons. The number of para-hydroxylation sites is 2. The molecule has 3 rings (SSSR count). The molecule has 4 heteroatoms. The molecule has 0 radical (unpaired) electrons. The van der Waals surface area contributed by atoms with Crippen LogP contribution in [0.3, 0.4) is 0 Å². The third-order valence-electron chi connectivity index (χ3n) is 3.45. The SMILES string of the molecule is Oc1ccccc1-n1cc(CC2CCNC2)cn1. The average Bonchev–Trinajstić information content (AvgIpc) is 3.02. The zero-order chi connectivity index (χ0) is 12.4. The molecule has 0 amide bonds. The molecule has 4 nitrogen and oxygen atoms in total. The molecule has 18 heavy (non-hydrogen) atoms. The minimum Gasteiger partial charge on any atom is -0.506 e. The summed E-state index contributed by atoms with van der Waals surface area (Å²) in [4.78, 5) is 0. The molecule has 1 aliphatic heterocycles. The van der Waals surface area contributed by atoms with Gasteiger partial charge in [0.2, 0.25) is 0 Å². The fourth-order valence-corrected chi connectivity index (χ4v) is 2.48. The molecule has 1 aromatic carbocycles. The Morgan fingerprint density at radius 3 is 3.06 bits per heavy atom. The predicted molar refractivity (Wildman–Crippen MR) is 69.9 cm³/mol. The maximum absolute atomic E-state index is 9.79. The Morgan fingerprint density at radius 2 is 2.28 bits per heavy atom. The van der Waals surface area contributed by atoms with Gasteiger partial charge < -0.3 is 10.4 Å². The van der Waals surface area contributed by atoms with E-state index < -0.39 is 0 Å². The molecule has 0 bridgehead atoms. The van der Waals surface area contributed by atoms with Crippen molar-refractivity contribution in [2.24, 2.45) is 5.92 Å². The highest BCUT2D eigenvalue weighted by Gasteiger charge is 2.16. The second kappa shape index (κ2) is 4.82. The summed E-state index contributed by atoms with van der Waals surface area (Å²) in [5.41, 5.74) is 1.96. The number of phenolic OH excluding ortho intramolecular Hbond substituents is 1. The van der Waals surface area contributed by atoms with E-state index in [9.17, 15) is 5.11 Å². The van der Waals surface area contributed by atoms with Crippen molar-refractivity contribution in [1.82, 2.24) is 15.1 Å². The van der Waals surface area contributed by atoms with E-state index >= 15 is 0 Å². The van der Waals surface area contributed by atoms with Gasteiger partial charge in [0.05, 0.1) is 6.20 Å². The van der Waals surface area contributed by atoms with E-state index in [2.05, 4.69) is 10.4 Å². The lowest BCUT2D eigenvalue weighted by Gasteiger charge is -2.05. The quantitative estimate of drug-likeness (QED) is 0.863. The van der Waals surface area contributed by atoms with E-state index in [1.54, 1.807) is 10.7 Å². The summed E-state index contributed by atoms with van der Waals surface area (Å²) >= 11 is 0. The van der Waals surface area contributed by atoms with Crippen LogP contribution in [0.2, 0.25) is 0 Å². The summed E-state index contributed by atoms with van der Waals surface area (Å²) < 4.78 is 1.74. The van der Waals surface area contributed by atoms with Gasteiger partial charge in [-0.3, -0.25) is 0 Å². The third-order valence-corrected chi connectivity index (χ3v) is 3.45. The van der Waals surface area contributed by atoms with Crippen LogP contribution < -0.4 is 5.32 Å². The number of nitrogens with zero attached hydrogens (tertiary/aromatic N) is 2. The Balaban J connectivity index is 1.79. The average molecular weight is 243 g/mol. The van der Waals surface area contributed by atoms with Crippen molar-refractivity contribution in [3.8, 4) is 11.4 Å². The monoisotopic (exact) mass is 243 g/mol. The van der Waals surface area contributed by atoms with Gasteiger partial charge >= 0.3 is 0 Å². The second-order valence-corrected chi connectivity index (χ2v) is 4.84. The van der Waals surface area contributed by atoms with Crippen molar-refractivity contribution >= 4 is 0 Å². The first-order valence-corrected chi connectivity index (χ1v) is 6.35. The number of hydrogen-bond acceptors (Lipinski definition) is 3. The third kappa shape index (κ3) is 2.24. The van der Waals surface area contributed by atoms with Gasteiger partial charge in [-0.25, -0.2) is 4.68 Å². The molecule has 0 aliphatic carbocycles. The molecule has 1 aromatic heterocycles. The van der Waals surface area contributed by atoms with Crippen molar-refractivity contribution < 1.29 is 5.11 Å². The number of phenols is 1. The normalized spacial score (nSPS) is 19.2. The zero-order valence-corrected chi connectivity index (χ0v) is 10.2. The van der Waals surface area contributed by atoms with Gasteiger partial charge in [0.15, 0.2) is 0 Å². The van der Waals surface area contributed by atoms with Crippen LogP contribution in [-0.2, 0) is 6.42 Å². The van der Waals surface area contributed by atoms with Gasteiger partial charge in [0.1, 0.15) is 11.4 Å². The number of benzene rings is 1. The Labute approximate surface area is 106 Å². The van der Waals surface area contributed by atoms with Crippen molar-refractivity contribution in [3.63, 3.8) is 0 Å². The minimum absolute atomic E-state index is 0.259. The highest BCUT2D eigenvalue weighted by molar-refractivity contribution is 5.44. The van der Waals surface area contributed by atoms with Crippen molar-refractivity contribution in [2.75, 3.05) is 13.1 Å². The summed E-state index contributed by atoms with van der Waals surface area (Å²) in [5, 5.41) is 17.5. The second-order valence-electron chi connectivity index (χ2n) is 4.84. The molecule has 2 heterocycles. The fourth-order valence-electron chi connectivity index (χ4n) is 2.48. The maximum Gasteiger partial charge on any atom is 0.141 e. The van der Waals surface area contributed by atoms with E-state index in [-0.39, 0.29) is 5.75 Å². The standard InChI is InChI=1S/C14H17N3O/c18-14-4-2-1-3-13(14)17-10-12(9-16-17)7-11-5-6-15-8-11/h1-4,9-11,15,18H,5-8H2. The molecule has 1 unspecified atom stereocenters. The summed E-state index contributed by atoms with van der Waals surface area (Å²) in [6.45, 7) is 2.22. The van der Waals surface area contributed by atoms with Crippen LogP contribution in [0, 0.1) is 5.92 Å². The molecule has 2 aromatic rings. The summed E-state index contributed by atoms with van der Waals surface area (Å²) in [6, 6.07) is 7.26. The predicted octanol–water partition coefficient (Wildman–Crippen LogP) is 1.73. The van der Waals surface area contributed by atoms with Crippen molar-refractivity contribution in [3.05, 3.63) is 42.2 Å². The van der Waals surface area contributed by atoms with Crippen LogP contribution in [0.4, 0.5) is 0 Å². The first-order chi connectivity index (χ1) is 8.83. The first-order valence-electron chi connectivity index (χ1n) is 6.35. The largest absolute Gasteiger partial charge is 0.506 e. The molecule has 1 fully saturated rings. The Morgan fingerprint density at radius 1 is 1.39 bits per heavy atom. The van der Waals surface area contributed by atoms with Crippen molar-refractivity contribution in [1.29, 1.82) is 0 Å². The molecule has 1 aliphatic rings. The summed E-state index contributed by atoms with van der Waals surface area (Å²) in [7, 11) is 0. The number of hydrogen-bond donors (Lipinski definition) is 2. The molecule has 0 spiro atoms. The van der Waals surface area contributed by atoms with Crippen LogP contribution in [0.15, 0.2) is 36.7 Å².